The van der Waals surface area contributed by atoms with E-state index in [1.54, 1.807) is 6.92 Å². The van der Waals surface area contributed by atoms with E-state index in [1.165, 1.54) is 25.3 Å². The molecule has 5 rings (SSSR count). The van der Waals surface area contributed by atoms with Crippen molar-refractivity contribution in [3.63, 3.8) is 0 Å². The van der Waals surface area contributed by atoms with E-state index in [2.05, 4.69) is 13.2 Å². The Labute approximate surface area is 155 Å². The standard InChI is InChI=1S/C22H28O4/c1-4-18(23)25-21-11-16(15-6-5-7-17(15)21)19-13-8-9-14(10-13)22(19,21)26-20(24)12(2)3/h4,13-17,19H,1-2,5-11H2,3H3. The van der Waals surface area contributed by atoms with Gasteiger partial charge in [0.15, 0.2) is 11.2 Å². The van der Waals surface area contributed by atoms with Gasteiger partial charge >= 0.3 is 11.9 Å². The van der Waals surface area contributed by atoms with Crippen molar-refractivity contribution in [2.45, 2.75) is 63.1 Å². The van der Waals surface area contributed by atoms with E-state index < -0.39 is 11.2 Å². The van der Waals surface area contributed by atoms with Crippen molar-refractivity contribution in [2.24, 2.45) is 35.5 Å². The molecule has 8 atom stereocenters. The Morgan fingerprint density at radius 3 is 2.65 bits per heavy atom. The summed E-state index contributed by atoms with van der Waals surface area (Å²) in [5.74, 6) is 2.04. The summed E-state index contributed by atoms with van der Waals surface area (Å²) in [6.45, 7) is 9.12. The Bertz CT molecular complexity index is 711. The molecule has 0 spiro atoms. The molecule has 8 unspecified atom stereocenters. The Morgan fingerprint density at radius 2 is 1.92 bits per heavy atom. The van der Waals surface area contributed by atoms with Crippen LogP contribution in [-0.2, 0) is 19.1 Å². The molecular weight excluding hydrogens is 328 g/mol. The maximum Gasteiger partial charge on any atom is 0.333 e. The zero-order valence-electron chi connectivity index (χ0n) is 15.5. The van der Waals surface area contributed by atoms with Crippen LogP contribution in [0.1, 0.15) is 51.9 Å². The molecule has 0 aromatic rings. The van der Waals surface area contributed by atoms with Gasteiger partial charge in [-0.1, -0.05) is 19.6 Å². The van der Waals surface area contributed by atoms with Crippen LogP contribution >= 0.6 is 0 Å². The second kappa shape index (κ2) is 5.24. The molecule has 4 heteroatoms. The van der Waals surface area contributed by atoms with Crippen LogP contribution < -0.4 is 0 Å². The number of rotatable bonds is 4. The van der Waals surface area contributed by atoms with Crippen molar-refractivity contribution in [1.29, 1.82) is 0 Å². The first-order chi connectivity index (χ1) is 12.4. The molecule has 0 amide bonds. The van der Waals surface area contributed by atoms with Crippen LogP contribution in [0.5, 0.6) is 0 Å². The highest BCUT2D eigenvalue weighted by Gasteiger charge is 2.84. The van der Waals surface area contributed by atoms with E-state index in [4.69, 9.17) is 9.47 Å². The van der Waals surface area contributed by atoms with Gasteiger partial charge in [0.1, 0.15) is 0 Å². The number of hydrogen-bond donors (Lipinski definition) is 0. The molecule has 0 aromatic heterocycles. The van der Waals surface area contributed by atoms with Crippen molar-refractivity contribution in [3.8, 4) is 0 Å². The summed E-state index contributed by atoms with van der Waals surface area (Å²) in [5, 5.41) is 0. The van der Waals surface area contributed by atoms with E-state index >= 15 is 0 Å². The summed E-state index contributed by atoms with van der Waals surface area (Å²) >= 11 is 0. The number of carbonyl (C=O) groups excluding carboxylic acids is 2. The van der Waals surface area contributed by atoms with Crippen molar-refractivity contribution in [2.75, 3.05) is 0 Å². The normalized spacial score (nSPS) is 49.6. The summed E-state index contributed by atoms with van der Waals surface area (Å²) in [6.07, 6.45) is 9.01. The minimum absolute atomic E-state index is 0.310. The predicted octanol–water partition coefficient (Wildman–Crippen LogP) is 3.81. The average molecular weight is 356 g/mol. The molecule has 5 aliphatic carbocycles. The molecule has 26 heavy (non-hydrogen) atoms. The van der Waals surface area contributed by atoms with E-state index in [9.17, 15) is 9.59 Å². The first-order valence-corrected chi connectivity index (χ1v) is 10.2. The molecule has 0 radical (unpaired) electrons. The first kappa shape index (κ1) is 16.6. The monoisotopic (exact) mass is 356 g/mol. The van der Waals surface area contributed by atoms with Gasteiger partial charge in [0.05, 0.1) is 0 Å². The largest absolute Gasteiger partial charge is 0.451 e. The van der Waals surface area contributed by atoms with Crippen LogP contribution in [-0.4, -0.2) is 23.1 Å². The lowest BCUT2D eigenvalue weighted by Gasteiger charge is -2.55. The molecule has 0 aromatic carbocycles. The highest BCUT2D eigenvalue weighted by molar-refractivity contribution is 5.87. The van der Waals surface area contributed by atoms with Gasteiger partial charge in [-0.05, 0) is 63.2 Å². The van der Waals surface area contributed by atoms with E-state index in [0.29, 0.717) is 41.1 Å². The SMILES string of the molecule is C=CC(=O)OC12CC(C3CCCC31)C1C3CCC(C3)C12OC(=O)C(=C)C. The van der Waals surface area contributed by atoms with Crippen LogP contribution in [0, 0.1) is 35.5 Å². The topological polar surface area (TPSA) is 52.6 Å². The maximum atomic E-state index is 12.7. The van der Waals surface area contributed by atoms with Crippen LogP contribution in [0.2, 0.25) is 0 Å². The zero-order valence-corrected chi connectivity index (χ0v) is 15.5. The molecule has 4 nitrogen and oxygen atoms in total. The molecule has 4 bridgehead atoms. The molecule has 0 heterocycles. The van der Waals surface area contributed by atoms with Crippen LogP contribution in [0.25, 0.3) is 0 Å². The summed E-state index contributed by atoms with van der Waals surface area (Å²) in [5.41, 5.74) is -0.864. The fraction of sp³-hybridized carbons (Fsp3) is 0.727. The van der Waals surface area contributed by atoms with Crippen LogP contribution in [0.15, 0.2) is 24.8 Å². The van der Waals surface area contributed by atoms with Gasteiger partial charge in [0.2, 0.25) is 0 Å². The molecule has 5 saturated carbocycles. The predicted molar refractivity (Wildman–Crippen MR) is 95.9 cm³/mol. The van der Waals surface area contributed by atoms with Gasteiger partial charge in [-0.3, -0.25) is 0 Å². The minimum Gasteiger partial charge on any atom is -0.451 e. The van der Waals surface area contributed by atoms with Gasteiger partial charge < -0.3 is 9.47 Å². The van der Waals surface area contributed by atoms with Crippen molar-refractivity contribution >= 4 is 11.9 Å². The third-order valence-electron chi connectivity index (χ3n) is 8.52. The highest BCUT2D eigenvalue weighted by Crippen LogP contribution is 2.78. The highest BCUT2D eigenvalue weighted by atomic mass is 16.6. The van der Waals surface area contributed by atoms with Gasteiger partial charge in [0.25, 0.3) is 0 Å². The lowest BCUT2D eigenvalue weighted by Crippen LogP contribution is -2.66. The number of carbonyl (C=O) groups is 2. The third-order valence-corrected chi connectivity index (χ3v) is 8.52. The summed E-state index contributed by atoms with van der Waals surface area (Å²) in [7, 11) is 0. The average Bonchev–Trinajstić information content (AvgIpc) is 3.37. The van der Waals surface area contributed by atoms with E-state index in [1.807, 2.05) is 0 Å². The molecular formula is C22H28O4. The fourth-order valence-electron chi connectivity index (χ4n) is 8.12. The molecule has 0 N–H and O–H groups in total. The summed E-state index contributed by atoms with van der Waals surface area (Å²) < 4.78 is 12.6. The van der Waals surface area contributed by atoms with Gasteiger partial charge in [-0.2, -0.15) is 0 Å². The summed E-state index contributed by atoms with van der Waals surface area (Å²) in [6, 6.07) is 0. The fourth-order valence-corrected chi connectivity index (χ4v) is 8.12. The number of ether oxygens (including phenoxy) is 2. The third kappa shape index (κ3) is 1.72. The number of hydrogen-bond acceptors (Lipinski definition) is 4. The lowest BCUT2D eigenvalue weighted by atomic mass is 9.59. The second-order valence-corrected chi connectivity index (χ2v) is 9.34. The van der Waals surface area contributed by atoms with Crippen molar-refractivity contribution < 1.29 is 19.1 Å². The van der Waals surface area contributed by atoms with Crippen molar-refractivity contribution in [3.05, 3.63) is 24.8 Å². The van der Waals surface area contributed by atoms with Crippen LogP contribution in [0.4, 0.5) is 0 Å². The van der Waals surface area contributed by atoms with E-state index in [-0.39, 0.29) is 11.9 Å². The second-order valence-electron chi connectivity index (χ2n) is 9.34. The van der Waals surface area contributed by atoms with E-state index in [0.717, 1.165) is 25.7 Å². The molecule has 5 aliphatic rings. The maximum absolute atomic E-state index is 12.7. The first-order valence-electron chi connectivity index (χ1n) is 10.2. The Kier molecular flexibility index (Phi) is 3.34. The van der Waals surface area contributed by atoms with Crippen molar-refractivity contribution in [1.82, 2.24) is 0 Å². The van der Waals surface area contributed by atoms with Gasteiger partial charge in [-0.25, -0.2) is 9.59 Å². The van der Waals surface area contributed by atoms with Gasteiger partial charge in [0, 0.05) is 29.4 Å². The smallest absolute Gasteiger partial charge is 0.333 e. The quantitative estimate of drug-likeness (QED) is 0.437. The Morgan fingerprint density at radius 1 is 1.12 bits per heavy atom. The van der Waals surface area contributed by atoms with Gasteiger partial charge in [-0.15, -0.1) is 0 Å². The Balaban J connectivity index is 1.66. The number of fused-ring (bicyclic) bond motifs is 12. The lowest BCUT2D eigenvalue weighted by molar-refractivity contribution is -0.244. The molecule has 140 valence electrons. The molecule has 0 aliphatic heterocycles. The zero-order chi connectivity index (χ0) is 18.3. The Hall–Kier alpha value is -1.58. The number of esters is 2. The minimum atomic E-state index is -0.653. The molecule has 5 fully saturated rings. The molecule has 0 saturated heterocycles. The summed E-state index contributed by atoms with van der Waals surface area (Å²) in [4.78, 5) is 25.1. The van der Waals surface area contributed by atoms with Crippen LogP contribution in [0.3, 0.4) is 0 Å².